The Kier molecular flexibility index (Phi) is 7.37. The number of carbonyl (C=O) groups is 1. The predicted molar refractivity (Wildman–Crippen MR) is 144 cm³/mol. The first kappa shape index (κ1) is 23.5. The maximum absolute atomic E-state index is 12.5. The van der Waals surface area contributed by atoms with Crippen LogP contribution in [0.15, 0.2) is 82.6 Å². The molecule has 1 N–H and O–H groups in total. The molecule has 6 nitrogen and oxygen atoms in total. The van der Waals surface area contributed by atoms with E-state index < -0.39 is 0 Å². The quantitative estimate of drug-likeness (QED) is 0.242. The summed E-state index contributed by atoms with van der Waals surface area (Å²) >= 11 is 4.70. The Hall–Kier alpha value is -3.27. The second-order valence-corrected chi connectivity index (χ2v) is 10.7. The summed E-state index contributed by atoms with van der Waals surface area (Å²) in [4.78, 5) is 18.1. The summed E-state index contributed by atoms with van der Waals surface area (Å²) in [6, 6.07) is 22.5. The second-order valence-electron chi connectivity index (χ2n) is 7.86. The van der Waals surface area contributed by atoms with Crippen LogP contribution in [0.4, 0.5) is 0 Å². The van der Waals surface area contributed by atoms with E-state index in [1.165, 1.54) is 22.5 Å². The predicted octanol–water partition coefficient (Wildman–Crippen LogP) is 6.03. The van der Waals surface area contributed by atoms with Gasteiger partial charge in [0.2, 0.25) is 0 Å². The summed E-state index contributed by atoms with van der Waals surface area (Å²) in [5, 5.41) is 17.5. The minimum Gasteiger partial charge on any atom is -0.350 e. The van der Waals surface area contributed by atoms with Crippen molar-refractivity contribution >= 4 is 40.3 Å². The van der Waals surface area contributed by atoms with Gasteiger partial charge in [-0.1, -0.05) is 60.3 Å². The molecule has 0 aliphatic carbocycles. The second kappa shape index (κ2) is 11.0. The van der Waals surface area contributed by atoms with Crippen molar-refractivity contribution in [2.75, 3.05) is 6.54 Å². The van der Waals surface area contributed by atoms with E-state index in [1.54, 1.807) is 23.1 Å². The number of hydrogen-bond donors (Lipinski definition) is 1. The number of amides is 1. The summed E-state index contributed by atoms with van der Waals surface area (Å²) in [6.45, 7) is 2.66. The van der Waals surface area contributed by atoms with Gasteiger partial charge in [0.1, 0.15) is 10.7 Å². The lowest BCUT2D eigenvalue weighted by molar-refractivity contribution is 0.0949. The van der Waals surface area contributed by atoms with Gasteiger partial charge in [-0.05, 0) is 48.1 Å². The van der Waals surface area contributed by atoms with Crippen LogP contribution in [0.3, 0.4) is 0 Å². The van der Waals surface area contributed by atoms with E-state index in [2.05, 4.69) is 68.4 Å². The number of carbonyl (C=O) groups excluding carboxylic acids is 1. The fourth-order valence-electron chi connectivity index (χ4n) is 3.59. The fourth-order valence-corrected chi connectivity index (χ4v) is 6.03. The molecule has 35 heavy (non-hydrogen) atoms. The molecular formula is C26H23N5OS3. The lowest BCUT2D eigenvalue weighted by Gasteiger charge is -2.10. The Morgan fingerprint density at radius 1 is 1.03 bits per heavy atom. The third-order valence-corrected chi connectivity index (χ3v) is 8.12. The Morgan fingerprint density at radius 2 is 1.91 bits per heavy atom. The molecule has 0 radical (unpaired) electrons. The van der Waals surface area contributed by atoms with Gasteiger partial charge in [0.05, 0.1) is 16.3 Å². The number of thiophene rings is 1. The first-order chi connectivity index (χ1) is 17.2. The van der Waals surface area contributed by atoms with E-state index in [0.717, 1.165) is 33.0 Å². The van der Waals surface area contributed by atoms with Crippen molar-refractivity contribution in [2.45, 2.75) is 24.3 Å². The Morgan fingerprint density at radius 3 is 2.71 bits per heavy atom. The number of aryl methyl sites for hydroxylation is 1. The van der Waals surface area contributed by atoms with Gasteiger partial charge in [0, 0.05) is 11.9 Å². The molecule has 2 aromatic carbocycles. The minimum atomic E-state index is -0.142. The van der Waals surface area contributed by atoms with Crippen LogP contribution in [-0.4, -0.2) is 32.2 Å². The molecule has 0 atom stereocenters. The number of nitrogens with one attached hydrogen (secondary N) is 1. The fraction of sp³-hybridized carbons (Fsp3) is 0.154. The summed E-state index contributed by atoms with van der Waals surface area (Å²) in [5.41, 5.74) is 3.85. The van der Waals surface area contributed by atoms with Crippen molar-refractivity contribution in [1.29, 1.82) is 0 Å². The number of nitrogens with zero attached hydrogens (tertiary/aromatic N) is 4. The standard InChI is InChI=1S/C26H23N5OS3/c1-18-7-5-10-20(15-18)31-24(22-11-6-14-33-22)29-30-26(31)35-17-23-28-21(16-34-23)25(32)27-13-12-19-8-3-2-4-9-19/h2-11,14-16H,12-13,17H2,1H3,(H,27,32). The smallest absolute Gasteiger partial charge is 0.270 e. The number of aromatic nitrogens is 4. The molecule has 3 aromatic heterocycles. The normalized spacial score (nSPS) is 11.0. The molecule has 0 aliphatic rings. The topological polar surface area (TPSA) is 72.7 Å². The minimum absolute atomic E-state index is 0.142. The molecule has 3 heterocycles. The molecule has 0 unspecified atom stereocenters. The number of hydrogen-bond acceptors (Lipinski definition) is 7. The van der Waals surface area contributed by atoms with Crippen LogP contribution in [0, 0.1) is 6.92 Å². The van der Waals surface area contributed by atoms with Crippen molar-refractivity contribution in [3.05, 3.63) is 99.3 Å². The van der Waals surface area contributed by atoms with Gasteiger partial charge in [0.25, 0.3) is 5.91 Å². The summed E-state index contributed by atoms with van der Waals surface area (Å²) in [7, 11) is 0. The van der Waals surface area contributed by atoms with Gasteiger partial charge in [-0.25, -0.2) is 4.98 Å². The summed E-state index contributed by atoms with van der Waals surface area (Å²) < 4.78 is 2.09. The van der Waals surface area contributed by atoms with Crippen LogP contribution in [0.25, 0.3) is 16.4 Å². The molecule has 9 heteroatoms. The maximum Gasteiger partial charge on any atom is 0.270 e. The SMILES string of the molecule is Cc1cccc(-n2c(SCc3nc(C(=O)NCCc4ccccc4)cs3)nnc2-c2cccs2)c1. The molecular weight excluding hydrogens is 495 g/mol. The highest BCUT2D eigenvalue weighted by atomic mass is 32.2. The van der Waals surface area contributed by atoms with Gasteiger partial charge in [-0.15, -0.1) is 32.9 Å². The van der Waals surface area contributed by atoms with Crippen LogP contribution < -0.4 is 5.32 Å². The van der Waals surface area contributed by atoms with Gasteiger partial charge < -0.3 is 5.32 Å². The van der Waals surface area contributed by atoms with Gasteiger partial charge >= 0.3 is 0 Å². The van der Waals surface area contributed by atoms with E-state index >= 15 is 0 Å². The van der Waals surface area contributed by atoms with Crippen molar-refractivity contribution in [1.82, 2.24) is 25.1 Å². The molecule has 0 fully saturated rings. The number of rotatable bonds is 9. The number of thiazole rings is 1. The van der Waals surface area contributed by atoms with Gasteiger partial charge in [-0.3, -0.25) is 9.36 Å². The van der Waals surface area contributed by atoms with Crippen molar-refractivity contribution in [3.8, 4) is 16.4 Å². The highest BCUT2D eigenvalue weighted by Crippen LogP contribution is 2.32. The Labute approximate surface area is 216 Å². The zero-order valence-corrected chi connectivity index (χ0v) is 21.5. The lowest BCUT2D eigenvalue weighted by Crippen LogP contribution is -2.26. The molecule has 176 valence electrons. The molecule has 1 amide bonds. The summed E-state index contributed by atoms with van der Waals surface area (Å²) in [5.74, 6) is 1.29. The summed E-state index contributed by atoms with van der Waals surface area (Å²) in [6.07, 6.45) is 0.792. The molecule has 0 spiro atoms. The van der Waals surface area contributed by atoms with Crippen LogP contribution >= 0.6 is 34.4 Å². The van der Waals surface area contributed by atoms with E-state index in [4.69, 9.17) is 0 Å². The average Bonchev–Trinajstić information content (AvgIpc) is 3.64. The van der Waals surface area contributed by atoms with E-state index in [9.17, 15) is 4.79 Å². The third-order valence-electron chi connectivity index (χ3n) is 5.29. The maximum atomic E-state index is 12.5. The molecule has 0 bridgehead atoms. The van der Waals surface area contributed by atoms with Crippen molar-refractivity contribution in [3.63, 3.8) is 0 Å². The lowest BCUT2D eigenvalue weighted by atomic mass is 10.1. The first-order valence-corrected chi connectivity index (χ1v) is 13.9. The monoisotopic (exact) mass is 517 g/mol. The van der Waals surface area contributed by atoms with Crippen molar-refractivity contribution < 1.29 is 4.79 Å². The largest absolute Gasteiger partial charge is 0.350 e. The molecule has 0 aliphatic heterocycles. The van der Waals surface area contributed by atoms with E-state index in [1.807, 2.05) is 41.1 Å². The van der Waals surface area contributed by atoms with E-state index in [0.29, 0.717) is 18.0 Å². The van der Waals surface area contributed by atoms with Gasteiger partial charge in [-0.2, -0.15) is 0 Å². The van der Waals surface area contributed by atoms with Crippen LogP contribution in [-0.2, 0) is 12.2 Å². The zero-order chi connectivity index (χ0) is 24.0. The molecule has 0 saturated carbocycles. The number of thioether (sulfide) groups is 1. The van der Waals surface area contributed by atoms with Crippen LogP contribution in [0.2, 0.25) is 0 Å². The van der Waals surface area contributed by atoms with Crippen LogP contribution in [0.5, 0.6) is 0 Å². The molecule has 5 aromatic rings. The van der Waals surface area contributed by atoms with Gasteiger partial charge in [0.15, 0.2) is 11.0 Å². The molecule has 0 saturated heterocycles. The zero-order valence-electron chi connectivity index (χ0n) is 19.0. The Balaban J connectivity index is 1.27. The van der Waals surface area contributed by atoms with Crippen molar-refractivity contribution in [2.24, 2.45) is 0 Å². The third kappa shape index (κ3) is 5.70. The highest BCUT2D eigenvalue weighted by molar-refractivity contribution is 7.98. The van der Waals surface area contributed by atoms with Crippen LogP contribution in [0.1, 0.15) is 26.6 Å². The highest BCUT2D eigenvalue weighted by Gasteiger charge is 2.18. The number of benzene rings is 2. The Bertz CT molecular complexity index is 1410. The first-order valence-electron chi connectivity index (χ1n) is 11.1. The van der Waals surface area contributed by atoms with E-state index in [-0.39, 0.29) is 5.91 Å². The molecule has 5 rings (SSSR count). The average molecular weight is 518 g/mol.